The molecule has 8 aromatic carbocycles. The second kappa shape index (κ2) is 23.9. The molecule has 0 aliphatic carbocycles. The van der Waals surface area contributed by atoms with Crippen LogP contribution < -0.4 is 4.74 Å². The Hall–Kier alpha value is -7.31. The molecule has 0 saturated heterocycles. The van der Waals surface area contributed by atoms with Crippen LogP contribution >= 0.6 is 0 Å². The number of fused-ring (bicyclic) bond motifs is 1. The van der Waals surface area contributed by atoms with Crippen molar-refractivity contribution in [2.75, 3.05) is 0 Å². The minimum Gasteiger partial charge on any atom is -0.457 e. The largest absolute Gasteiger partial charge is 0.457 e. The molecule has 0 aromatic heterocycles. The van der Waals surface area contributed by atoms with Crippen molar-refractivity contribution >= 4 is 28.1 Å². The summed E-state index contributed by atoms with van der Waals surface area (Å²) in [6.07, 6.45) is 9.38. The van der Waals surface area contributed by atoms with E-state index in [1.807, 2.05) is 60.7 Å². The standard InChI is InChI=1S/C67H66F2O4/c1-7-43(4)10-13-46-38-54(14-11-44(5)8-2)62-42-60(35-28-55(62)39-46)73-64-37-30-57(40-56(64)15-12-45(6)9-3)67(72)63-41-53(47-16-20-49(21-17-47)65(70)51-24-31-58(68)32-25-51)29-36-61(63)48-18-22-50(23-19-48)66(71)52-26-33-59(69)34-27-52/h16-45H,7-15H2,1-6H3. The third-order valence-electron chi connectivity index (χ3n) is 14.9. The molecule has 0 fully saturated rings. The first-order valence-electron chi connectivity index (χ1n) is 26.2. The quantitative estimate of drug-likeness (QED) is 0.0635. The Balaban J connectivity index is 1.15. The smallest absolute Gasteiger partial charge is 0.193 e. The summed E-state index contributed by atoms with van der Waals surface area (Å²) >= 11 is 0. The SMILES string of the molecule is CCC(C)CCc1cc(CCC(C)CC)c2cc(Oc3ccc(C(=O)c4cc(-c5ccc(C(=O)c6ccc(F)cc6)cc5)ccc4-c4ccc(C(=O)c5ccc(F)cc5)cc4)cc3CCC(C)CC)ccc2c1. The van der Waals surface area contributed by atoms with Crippen LogP contribution in [0, 0.1) is 29.4 Å². The van der Waals surface area contributed by atoms with Gasteiger partial charge in [0, 0.05) is 33.4 Å². The molecule has 0 bridgehead atoms. The van der Waals surface area contributed by atoms with E-state index in [-0.39, 0.29) is 17.3 Å². The van der Waals surface area contributed by atoms with E-state index in [1.165, 1.54) is 83.3 Å². The second-order valence-corrected chi connectivity index (χ2v) is 20.1. The highest BCUT2D eigenvalue weighted by molar-refractivity contribution is 6.14. The van der Waals surface area contributed by atoms with Gasteiger partial charge in [0.15, 0.2) is 17.3 Å². The fourth-order valence-corrected chi connectivity index (χ4v) is 9.34. The Morgan fingerprint density at radius 3 is 1.47 bits per heavy atom. The van der Waals surface area contributed by atoms with Crippen LogP contribution in [0.5, 0.6) is 11.5 Å². The van der Waals surface area contributed by atoms with Gasteiger partial charge in [0.1, 0.15) is 23.1 Å². The molecule has 0 N–H and O–H groups in total. The molecule has 0 radical (unpaired) electrons. The van der Waals surface area contributed by atoms with E-state index >= 15 is 4.79 Å². The lowest BCUT2D eigenvalue weighted by molar-refractivity contribution is 0.103. The number of carbonyl (C=O) groups excluding carboxylic acids is 3. The van der Waals surface area contributed by atoms with Crippen molar-refractivity contribution in [1.82, 2.24) is 0 Å². The molecule has 8 aromatic rings. The summed E-state index contributed by atoms with van der Waals surface area (Å²) in [5.74, 6) is 1.80. The van der Waals surface area contributed by atoms with E-state index in [2.05, 4.69) is 71.9 Å². The Bertz CT molecular complexity index is 3210. The number of aryl methyl sites for hydroxylation is 3. The molecule has 3 atom stereocenters. The Kier molecular flexibility index (Phi) is 17.1. The summed E-state index contributed by atoms with van der Waals surface area (Å²) in [6.45, 7) is 13.6. The number of carbonyl (C=O) groups is 3. The molecule has 8 rings (SSSR count). The third kappa shape index (κ3) is 12.8. The summed E-state index contributed by atoms with van der Waals surface area (Å²) in [5.41, 5.74) is 9.34. The van der Waals surface area contributed by atoms with E-state index in [4.69, 9.17) is 4.74 Å². The van der Waals surface area contributed by atoms with Crippen molar-refractivity contribution in [2.24, 2.45) is 17.8 Å². The Morgan fingerprint density at radius 1 is 0.438 bits per heavy atom. The molecule has 0 spiro atoms. The van der Waals surface area contributed by atoms with E-state index in [9.17, 15) is 18.4 Å². The third-order valence-corrected chi connectivity index (χ3v) is 14.9. The average Bonchev–Trinajstić information content (AvgIpc) is 3.43. The maximum atomic E-state index is 15.2. The lowest BCUT2D eigenvalue weighted by Gasteiger charge is -2.18. The van der Waals surface area contributed by atoms with Crippen LogP contribution in [0.1, 0.15) is 145 Å². The number of rotatable bonds is 22. The summed E-state index contributed by atoms with van der Waals surface area (Å²) in [4.78, 5) is 41.9. The zero-order valence-corrected chi connectivity index (χ0v) is 43.1. The van der Waals surface area contributed by atoms with E-state index in [1.54, 1.807) is 24.3 Å². The van der Waals surface area contributed by atoms with Gasteiger partial charge in [0.05, 0.1) is 0 Å². The van der Waals surface area contributed by atoms with Crippen molar-refractivity contribution in [3.05, 3.63) is 225 Å². The molecule has 3 unspecified atom stereocenters. The van der Waals surface area contributed by atoms with Crippen molar-refractivity contribution in [2.45, 2.75) is 99.3 Å². The van der Waals surface area contributed by atoms with Crippen molar-refractivity contribution in [3.8, 4) is 33.8 Å². The van der Waals surface area contributed by atoms with Gasteiger partial charge in [-0.25, -0.2) is 8.78 Å². The van der Waals surface area contributed by atoms with Gasteiger partial charge in [-0.05, 0) is 191 Å². The van der Waals surface area contributed by atoms with Gasteiger partial charge >= 0.3 is 0 Å². The lowest BCUT2D eigenvalue weighted by Crippen LogP contribution is -2.07. The predicted molar refractivity (Wildman–Crippen MR) is 294 cm³/mol. The number of hydrogen-bond donors (Lipinski definition) is 0. The Labute approximate surface area is 430 Å². The van der Waals surface area contributed by atoms with Crippen LogP contribution in [0.15, 0.2) is 164 Å². The highest BCUT2D eigenvalue weighted by atomic mass is 19.1. The zero-order valence-electron chi connectivity index (χ0n) is 43.1. The number of halogens is 2. The van der Waals surface area contributed by atoms with Crippen molar-refractivity contribution < 1.29 is 27.9 Å². The van der Waals surface area contributed by atoms with Gasteiger partial charge in [-0.2, -0.15) is 0 Å². The van der Waals surface area contributed by atoms with Crippen LogP contribution in [0.2, 0.25) is 0 Å². The summed E-state index contributed by atoms with van der Waals surface area (Å²) in [7, 11) is 0. The predicted octanol–water partition coefficient (Wildman–Crippen LogP) is 17.9. The van der Waals surface area contributed by atoms with Crippen LogP contribution in [-0.4, -0.2) is 17.3 Å². The molecular weight excluding hydrogens is 907 g/mol. The highest BCUT2D eigenvalue weighted by Gasteiger charge is 2.21. The molecule has 4 nitrogen and oxygen atoms in total. The van der Waals surface area contributed by atoms with E-state index in [0.29, 0.717) is 56.7 Å². The molecule has 0 saturated carbocycles. The lowest BCUT2D eigenvalue weighted by atomic mass is 9.89. The zero-order chi connectivity index (χ0) is 51.6. The number of hydrogen-bond acceptors (Lipinski definition) is 4. The summed E-state index contributed by atoms with van der Waals surface area (Å²) < 4.78 is 34.2. The number of ether oxygens (including phenoxy) is 1. The molecular formula is C67H66F2O4. The normalized spacial score (nSPS) is 12.6. The topological polar surface area (TPSA) is 60.4 Å². The number of ketones is 3. The van der Waals surface area contributed by atoms with Crippen LogP contribution in [-0.2, 0) is 19.3 Å². The minimum atomic E-state index is -0.417. The van der Waals surface area contributed by atoms with Gasteiger partial charge < -0.3 is 4.74 Å². The van der Waals surface area contributed by atoms with Gasteiger partial charge in [-0.3, -0.25) is 14.4 Å². The molecule has 372 valence electrons. The molecule has 0 amide bonds. The fourth-order valence-electron chi connectivity index (χ4n) is 9.34. The van der Waals surface area contributed by atoms with E-state index in [0.717, 1.165) is 78.7 Å². The molecule has 6 heteroatoms. The first kappa shape index (κ1) is 52.0. The van der Waals surface area contributed by atoms with Crippen LogP contribution in [0.4, 0.5) is 8.78 Å². The molecule has 0 aliphatic rings. The van der Waals surface area contributed by atoms with Crippen molar-refractivity contribution in [1.29, 1.82) is 0 Å². The number of benzene rings is 8. The van der Waals surface area contributed by atoms with E-state index < -0.39 is 11.6 Å². The second-order valence-electron chi connectivity index (χ2n) is 20.1. The first-order valence-corrected chi connectivity index (χ1v) is 26.2. The first-order chi connectivity index (χ1) is 35.3. The maximum Gasteiger partial charge on any atom is 0.193 e. The van der Waals surface area contributed by atoms with Gasteiger partial charge in [0.2, 0.25) is 0 Å². The fraction of sp³-hybridized carbons (Fsp3) is 0.269. The highest BCUT2D eigenvalue weighted by Crippen LogP contribution is 2.36. The molecule has 73 heavy (non-hydrogen) atoms. The molecule has 0 aliphatic heterocycles. The summed E-state index contributed by atoms with van der Waals surface area (Å²) in [6, 6.07) is 48.0. The van der Waals surface area contributed by atoms with Gasteiger partial charge in [-0.15, -0.1) is 0 Å². The van der Waals surface area contributed by atoms with Crippen LogP contribution in [0.3, 0.4) is 0 Å². The average molecular weight is 973 g/mol. The van der Waals surface area contributed by atoms with Crippen molar-refractivity contribution in [3.63, 3.8) is 0 Å². The summed E-state index contributed by atoms with van der Waals surface area (Å²) in [5, 5.41) is 2.45. The maximum absolute atomic E-state index is 15.2. The minimum absolute atomic E-state index is 0.177. The van der Waals surface area contributed by atoms with Gasteiger partial charge in [-0.1, -0.05) is 140 Å². The van der Waals surface area contributed by atoms with Crippen LogP contribution in [0.25, 0.3) is 33.0 Å². The Morgan fingerprint density at radius 2 is 0.918 bits per heavy atom. The monoisotopic (exact) mass is 972 g/mol. The molecule has 0 heterocycles. The van der Waals surface area contributed by atoms with Gasteiger partial charge in [0.25, 0.3) is 0 Å².